The molecule has 1 aromatic heterocycles. The molecule has 0 amide bonds. The highest BCUT2D eigenvalue weighted by Gasteiger charge is 2.03. The van der Waals surface area contributed by atoms with Gasteiger partial charge < -0.3 is 0 Å². The van der Waals surface area contributed by atoms with Crippen LogP contribution in [0.2, 0.25) is 0 Å². The van der Waals surface area contributed by atoms with Crippen LogP contribution in [0.25, 0.3) is 11.1 Å². The van der Waals surface area contributed by atoms with E-state index in [0.717, 1.165) is 33.1 Å². The van der Waals surface area contributed by atoms with Crippen LogP contribution in [0.1, 0.15) is 16.8 Å². The molecule has 5 heteroatoms. The third kappa shape index (κ3) is 3.81. The number of rotatable bonds is 4. The summed E-state index contributed by atoms with van der Waals surface area (Å²) in [5, 5.41) is 6.95. The highest BCUT2D eigenvalue weighted by Crippen LogP contribution is 2.24. The van der Waals surface area contributed by atoms with Crippen molar-refractivity contribution in [2.75, 3.05) is 5.43 Å². The molecule has 116 valence electrons. The standard InChI is InChI=1S/C18H16FN3S/c1-12-8-16(19)6-7-17(12)15-5-3-4-14(9-15)10-20-22-18-21-13(2)11-23-18/h3-11H,1-2H3,(H,21,22). The van der Waals surface area contributed by atoms with Gasteiger partial charge in [0.25, 0.3) is 0 Å². The first kappa shape index (κ1) is 15.4. The lowest BCUT2D eigenvalue weighted by Gasteiger charge is -2.07. The number of hydrogen-bond acceptors (Lipinski definition) is 4. The second kappa shape index (κ2) is 6.71. The third-order valence-corrected chi connectivity index (χ3v) is 4.24. The molecule has 0 aliphatic rings. The topological polar surface area (TPSA) is 37.3 Å². The number of thiazole rings is 1. The van der Waals surface area contributed by atoms with E-state index < -0.39 is 0 Å². The van der Waals surface area contributed by atoms with Crippen molar-refractivity contribution in [2.24, 2.45) is 5.10 Å². The molecule has 3 nitrogen and oxygen atoms in total. The number of nitrogens with zero attached hydrogens (tertiary/aromatic N) is 2. The minimum atomic E-state index is -0.216. The van der Waals surface area contributed by atoms with Gasteiger partial charge in [-0.1, -0.05) is 24.3 Å². The fraction of sp³-hybridized carbons (Fsp3) is 0.111. The Labute approximate surface area is 138 Å². The number of anilines is 1. The number of nitrogens with one attached hydrogen (secondary N) is 1. The summed E-state index contributed by atoms with van der Waals surface area (Å²) in [5.74, 6) is -0.216. The maximum Gasteiger partial charge on any atom is 0.203 e. The van der Waals surface area contributed by atoms with Crippen molar-refractivity contribution in [3.63, 3.8) is 0 Å². The first-order valence-corrected chi connectivity index (χ1v) is 8.07. The molecule has 0 saturated carbocycles. The quantitative estimate of drug-likeness (QED) is 0.540. The van der Waals surface area contributed by atoms with E-state index in [1.807, 2.05) is 43.5 Å². The Morgan fingerprint density at radius 1 is 1.17 bits per heavy atom. The van der Waals surface area contributed by atoms with Crippen LogP contribution >= 0.6 is 11.3 Å². The number of benzene rings is 2. The molecule has 0 atom stereocenters. The van der Waals surface area contributed by atoms with Crippen molar-refractivity contribution in [1.29, 1.82) is 0 Å². The number of aryl methyl sites for hydroxylation is 2. The van der Waals surface area contributed by atoms with E-state index in [9.17, 15) is 4.39 Å². The van der Waals surface area contributed by atoms with E-state index in [2.05, 4.69) is 15.5 Å². The van der Waals surface area contributed by atoms with Crippen molar-refractivity contribution in [3.8, 4) is 11.1 Å². The summed E-state index contributed by atoms with van der Waals surface area (Å²) < 4.78 is 13.2. The van der Waals surface area contributed by atoms with Crippen molar-refractivity contribution in [2.45, 2.75) is 13.8 Å². The lowest BCUT2D eigenvalue weighted by atomic mass is 9.99. The zero-order valence-corrected chi connectivity index (χ0v) is 13.7. The number of halogens is 1. The Kier molecular flexibility index (Phi) is 4.48. The summed E-state index contributed by atoms with van der Waals surface area (Å²) in [5.41, 5.74) is 7.83. The van der Waals surface area contributed by atoms with Crippen molar-refractivity contribution >= 4 is 22.7 Å². The first-order chi connectivity index (χ1) is 11.1. The summed E-state index contributed by atoms with van der Waals surface area (Å²) in [6.07, 6.45) is 1.75. The average Bonchev–Trinajstić information content (AvgIpc) is 2.93. The normalized spacial score (nSPS) is 11.1. The van der Waals surface area contributed by atoms with Crippen LogP contribution in [0.4, 0.5) is 9.52 Å². The van der Waals surface area contributed by atoms with Crippen molar-refractivity contribution in [3.05, 3.63) is 70.5 Å². The summed E-state index contributed by atoms with van der Waals surface area (Å²) in [6.45, 7) is 3.85. The molecule has 23 heavy (non-hydrogen) atoms. The minimum absolute atomic E-state index is 0.216. The van der Waals surface area contributed by atoms with E-state index >= 15 is 0 Å². The molecule has 0 saturated heterocycles. The van der Waals surface area contributed by atoms with Gasteiger partial charge in [-0.3, -0.25) is 5.43 Å². The second-order valence-corrected chi connectivity index (χ2v) is 6.11. The average molecular weight is 325 g/mol. The molecule has 0 unspecified atom stereocenters. The Hall–Kier alpha value is -2.53. The lowest BCUT2D eigenvalue weighted by molar-refractivity contribution is 0.627. The smallest absolute Gasteiger partial charge is 0.203 e. The maximum absolute atomic E-state index is 13.2. The highest BCUT2D eigenvalue weighted by atomic mass is 32.1. The fourth-order valence-corrected chi connectivity index (χ4v) is 2.94. The molecule has 0 radical (unpaired) electrons. The monoisotopic (exact) mass is 325 g/mol. The summed E-state index contributed by atoms with van der Waals surface area (Å²) in [4.78, 5) is 4.28. The molecule has 1 N–H and O–H groups in total. The van der Waals surface area contributed by atoms with E-state index in [1.54, 1.807) is 18.3 Å². The van der Waals surface area contributed by atoms with Gasteiger partial charge in [-0.25, -0.2) is 9.37 Å². The molecule has 0 aliphatic carbocycles. The molecule has 1 heterocycles. The van der Waals surface area contributed by atoms with E-state index in [1.165, 1.54) is 17.4 Å². The van der Waals surface area contributed by atoms with E-state index in [-0.39, 0.29) is 5.82 Å². The van der Waals surface area contributed by atoms with Crippen molar-refractivity contribution < 1.29 is 4.39 Å². The zero-order chi connectivity index (χ0) is 16.2. The van der Waals surface area contributed by atoms with Gasteiger partial charge in [-0.05, 0) is 54.3 Å². The number of aromatic nitrogens is 1. The van der Waals surface area contributed by atoms with Gasteiger partial charge in [0.1, 0.15) is 5.82 Å². The van der Waals surface area contributed by atoms with Crippen LogP contribution < -0.4 is 5.43 Å². The van der Waals surface area contributed by atoms with Gasteiger partial charge in [0.15, 0.2) is 0 Å². The highest BCUT2D eigenvalue weighted by molar-refractivity contribution is 7.13. The number of hydrogen-bond donors (Lipinski definition) is 1. The Balaban J connectivity index is 1.79. The molecule has 3 aromatic rings. The molecule has 0 aliphatic heterocycles. The van der Waals surface area contributed by atoms with Gasteiger partial charge >= 0.3 is 0 Å². The molecular weight excluding hydrogens is 309 g/mol. The number of hydrazone groups is 1. The fourth-order valence-electron chi connectivity index (χ4n) is 2.30. The van der Waals surface area contributed by atoms with Crippen LogP contribution in [0, 0.1) is 19.7 Å². The minimum Gasteiger partial charge on any atom is -0.253 e. The largest absolute Gasteiger partial charge is 0.253 e. The van der Waals surface area contributed by atoms with Crippen LogP contribution in [-0.4, -0.2) is 11.2 Å². The summed E-state index contributed by atoms with van der Waals surface area (Å²) in [6, 6.07) is 12.8. The molecule has 0 fully saturated rings. The molecule has 3 rings (SSSR count). The van der Waals surface area contributed by atoms with Gasteiger partial charge in [-0.15, -0.1) is 11.3 Å². The Morgan fingerprint density at radius 2 is 2.04 bits per heavy atom. The molecule has 0 spiro atoms. The molecule has 0 bridgehead atoms. The van der Waals surface area contributed by atoms with Gasteiger partial charge in [-0.2, -0.15) is 5.10 Å². The van der Waals surface area contributed by atoms with E-state index in [4.69, 9.17) is 0 Å². The lowest BCUT2D eigenvalue weighted by Crippen LogP contribution is -1.91. The van der Waals surface area contributed by atoms with E-state index in [0.29, 0.717) is 0 Å². The summed E-state index contributed by atoms with van der Waals surface area (Å²) >= 11 is 1.52. The predicted octanol–water partition coefficient (Wildman–Crippen LogP) is 5.01. The van der Waals surface area contributed by atoms with Gasteiger partial charge in [0.05, 0.1) is 11.9 Å². The Bertz CT molecular complexity index is 855. The third-order valence-electron chi connectivity index (χ3n) is 3.38. The molecule has 2 aromatic carbocycles. The van der Waals surface area contributed by atoms with Crippen molar-refractivity contribution in [1.82, 2.24) is 4.98 Å². The summed E-state index contributed by atoms with van der Waals surface area (Å²) in [7, 11) is 0. The maximum atomic E-state index is 13.2. The SMILES string of the molecule is Cc1csc(NN=Cc2cccc(-c3ccc(F)cc3C)c2)n1. The Morgan fingerprint density at radius 3 is 2.78 bits per heavy atom. The van der Waals surface area contributed by atoms with Gasteiger partial charge in [0, 0.05) is 5.38 Å². The molecular formula is C18H16FN3S. The predicted molar refractivity (Wildman–Crippen MR) is 94.6 cm³/mol. The first-order valence-electron chi connectivity index (χ1n) is 7.19. The second-order valence-electron chi connectivity index (χ2n) is 5.25. The zero-order valence-electron chi connectivity index (χ0n) is 12.9. The van der Waals surface area contributed by atoms with Crippen LogP contribution in [0.5, 0.6) is 0 Å². The van der Waals surface area contributed by atoms with Gasteiger partial charge in [0.2, 0.25) is 5.13 Å². The van der Waals surface area contributed by atoms with Crippen LogP contribution in [0.15, 0.2) is 52.9 Å². The van der Waals surface area contributed by atoms with Crippen LogP contribution in [0.3, 0.4) is 0 Å². The van der Waals surface area contributed by atoms with Crippen LogP contribution in [-0.2, 0) is 0 Å².